The van der Waals surface area contributed by atoms with Crippen molar-refractivity contribution in [1.82, 2.24) is 25.3 Å². The molecule has 2 aromatic heterocycles. The maximum atomic E-state index is 12.2. The van der Waals surface area contributed by atoms with Gasteiger partial charge in [0.05, 0.1) is 24.1 Å². The van der Waals surface area contributed by atoms with E-state index < -0.39 is 0 Å². The van der Waals surface area contributed by atoms with Gasteiger partial charge >= 0.3 is 0 Å². The van der Waals surface area contributed by atoms with Gasteiger partial charge in [0.2, 0.25) is 5.91 Å². The van der Waals surface area contributed by atoms with E-state index in [9.17, 15) is 9.59 Å². The van der Waals surface area contributed by atoms with Crippen LogP contribution in [-0.4, -0.2) is 44.9 Å². The van der Waals surface area contributed by atoms with Crippen LogP contribution in [0.1, 0.15) is 41.6 Å². The topological polar surface area (TPSA) is 101 Å². The predicted octanol–water partition coefficient (Wildman–Crippen LogP) is 1.20. The summed E-state index contributed by atoms with van der Waals surface area (Å²) in [6.45, 7) is 3.29. The van der Waals surface area contributed by atoms with Crippen molar-refractivity contribution in [2.45, 2.75) is 32.7 Å². The lowest BCUT2D eigenvalue weighted by atomic mass is 9.92. The number of carbonyl (C=O) groups is 2. The van der Waals surface area contributed by atoms with E-state index in [1.54, 1.807) is 18.5 Å². The van der Waals surface area contributed by atoms with Crippen LogP contribution < -0.4 is 5.32 Å². The van der Waals surface area contributed by atoms with E-state index in [-0.39, 0.29) is 11.8 Å². The summed E-state index contributed by atoms with van der Waals surface area (Å²) in [6, 6.07) is 1.59. The van der Waals surface area contributed by atoms with E-state index in [2.05, 4.69) is 20.4 Å². The van der Waals surface area contributed by atoms with E-state index in [4.69, 9.17) is 4.52 Å². The molecule has 8 nitrogen and oxygen atoms in total. The standard InChI is InChI=1S/C17H21N5O3/c1-12(23)18-10-15-11-19-14(9-20-15)8-13-2-5-22(6-3-13)17(24)16-4-7-25-21-16/h4,7,9,11,13H,2-3,5-6,8,10H2,1H3,(H,18,23). The largest absolute Gasteiger partial charge is 0.364 e. The molecule has 1 saturated heterocycles. The van der Waals surface area contributed by atoms with E-state index in [0.29, 0.717) is 31.2 Å². The van der Waals surface area contributed by atoms with Crippen LogP contribution in [0, 0.1) is 5.92 Å². The second kappa shape index (κ2) is 7.87. The minimum absolute atomic E-state index is 0.0747. The Morgan fingerprint density at radius 1 is 1.24 bits per heavy atom. The van der Waals surface area contributed by atoms with Crippen molar-refractivity contribution in [3.05, 3.63) is 41.8 Å². The molecule has 1 fully saturated rings. The van der Waals surface area contributed by atoms with Gasteiger partial charge in [-0.25, -0.2) is 0 Å². The van der Waals surface area contributed by atoms with Crippen LogP contribution in [0.5, 0.6) is 0 Å². The SMILES string of the molecule is CC(=O)NCc1cnc(CC2CCN(C(=O)c3ccon3)CC2)cn1. The van der Waals surface area contributed by atoms with Gasteiger partial charge in [0.1, 0.15) is 6.26 Å². The van der Waals surface area contributed by atoms with Crippen molar-refractivity contribution in [3.8, 4) is 0 Å². The summed E-state index contributed by atoms with van der Waals surface area (Å²) in [5.74, 6) is 0.323. The molecule has 0 bridgehead atoms. The molecule has 132 valence electrons. The number of nitrogens with one attached hydrogen (secondary N) is 1. The molecular weight excluding hydrogens is 322 g/mol. The van der Waals surface area contributed by atoms with Crippen molar-refractivity contribution in [1.29, 1.82) is 0 Å². The fourth-order valence-electron chi connectivity index (χ4n) is 2.91. The smallest absolute Gasteiger partial charge is 0.276 e. The van der Waals surface area contributed by atoms with Crippen LogP contribution in [0.15, 0.2) is 29.2 Å². The van der Waals surface area contributed by atoms with Gasteiger partial charge in [0.25, 0.3) is 5.91 Å². The highest BCUT2D eigenvalue weighted by molar-refractivity contribution is 5.92. The number of rotatable bonds is 5. The summed E-state index contributed by atoms with van der Waals surface area (Å²) in [7, 11) is 0. The molecule has 1 aliphatic rings. The molecule has 1 N–H and O–H groups in total. The van der Waals surface area contributed by atoms with Crippen molar-refractivity contribution in [3.63, 3.8) is 0 Å². The number of amides is 2. The summed E-state index contributed by atoms with van der Waals surface area (Å²) in [5.41, 5.74) is 2.04. The first-order chi connectivity index (χ1) is 12.1. The average Bonchev–Trinajstić information content (AvgIpc) is 3.16. The van der Waals surface area contributed by atoms with Gasteiger partial charge in [0, 0.05) is 32.3 Å². The van der Waals surface area contributed by atoms with Gasteiger partial charge in [-0.15, -0.1) is 0 Å². The summed E-state index contributed by atoms with van der Waals surface area (Å²) in [6.07, 6.45) is 7.59. The Hall–Kier alpha value is -2.77. The van der Waals surface area contributed by atoms with Crippen molar-refractivity contribution in [2.24, 2.45) is 5.92 Å². The Kier molecular flexibility index (Phi) is 5.37. The van der Waals surface area contributed by atoms with E-state index in [0.717, 1.165) is 30.7 Å². The van der Waals surface area contributed by atoms with Crippen LogP contribution in [0.25, 0.3) is 0 Å². The van der Waals surface area contributed by atoms with Crippen molar-refractivity contribution in [2.75, 3.05) is 13.1 Å². The third-order valence-electron chi connectivity index (χ3n) is 4.33. The molecule has 2 amide bonds. The van der Waals surface area contributed by atoms with Crippen LogP contribution in [-0.2, 0) is 17.8 Å². The maximum absolute atomic E-state index is 12.2. The minimum atomic E-state index is -0.0854. The van der Waals surface area contributed by atoms with Gasteiger partial charge in [-0.1, -0.05) is 5.16 Å². The fraction of sp³-hybridized carbons (Fsp3) is 0.471. The molecule has 0 aliphatic carbocycles. The lowest BCUT2D eigenvalue weighted by molar-refractivity contribution is -0.119. The summed E-state index contributed by atoms with van der Waals surface area (Å²) < 4.78 is 4.73. The average molecular weight is 343 g/mol. The number of carbonyl (C=O) groups excluding carboxylic acids is 2. The zero-order valence-electron chi connectivity index (χ0n) is 14.1. The predicted molar refractivity (Wildman–Crippen MR) is 88.4 cm³/mol. The van der Waals surface area contributed by atoms with Crippen molar-refractivity contribution >= 4 is 11.8 Å². The number of piperidine rings is 1. The molecule has 3 heterocycles. The molecular formula is C17H21N5O3. The molecule has 3 rings (SSSR count). The zero-order chi connectivity index (χ0) is 17.6. The lowest BCUT2D eigenvalue weighted by Gasteiger charge is -2.31. The Labute approximate surface area is 145 Å². The third kappa shape index (κ3) is 4.62. The first kappa shape index (κ1) is 17.1. The van der Waals surface area contributed by atoms with Gasteiger partial charge in [-0.3, -0.25) is 19.6 Å². The first-order valence-electron chi connectivity index (χ1n) is 8.35. The Bertz CT molecular complexity index is 706. The molecule has 8 heteroatoms. The zero-order valence-corrected chi connectivity index (χ0v) is 14.1. The van der Waals surface area contributed by atoms with Crippen LogP contribution in [0.3, 0.4) is 0 Å². The van der Waals surface area contributed by atoms with Crippen molar-refractivity contribution < 1.29 is 14.1 Å². The number of aromatic nitrogens is 3. The highest BCUT2D eigenvalue weighted by Crippen LogP contribution is 2.21. The minimum Gasteiger partial charge on any atom is -0.364 e. The Morgan fingerprint density at radius 2 is 1.96 bits per heavy atom. The number of hydrogen-bond acceptors (Lipinski definition) is 6. The van der Waals surface area contributed by atoms with E-state index in [1.807, 2.05) is 4.90 Å². The highest BCUT2D eigenvalue weighted by Gasteiger charge is 2.25. The second-order valence-electron chi connectivity index (χ2n) is 6.23. The van der Waals surface area contributed by atoms with Crippen LogP contribution in [0.4, 0.5) is 0 Å². The maximum Gasteiger partial charge on any atom is 0.276 e. The van der Waals surface area contributed by atoms with Gasteiger partial charge in [0.15, 0.2) is 5.69 Å². The molecule has 0 atom stereocenters. The van der Waals surface area contributed by atoms with Gasteiger partial charge < -0.3 is 14.7 Å². The highest BCUT2D eigenvalue weighted by atomic mass is 16.5. The van der Waals surface area contributed by atoms with Gasteiger partial charge in [-0.2, -0.15) is 0 Å². The Balaban J connectivity index is 1.47. The monoisotopic (exact) mass is 343 g/mol. The van der Waals surface area contributed by atoms with Gasteiger partial charge in [-0.05, 0) is 25.2 Å². The molecule has 0 unspecified atom stereocenters. The number of hydrogen-bond donors (Lipinski definition) is 1. The van der Waals surface area contributed by atoms with Crippen LogP contribution in [0.2, 0.25) is 0 Å². The third-order valence-corrected chi connectivity index (χ3v) is 4.33. The second-order valence-corrected chi connectivity index (χ2v) is 6.23. The number of likely N-dealkylation sites (tertiary alicyclic amines) is 1. The molecule has 25 heavy (non-hydrogen) atoms. The summed E-state index contributed by atoms with van der Waals surface area (Å²) in [4.78, 5) is 33.7. The van der Waals surface area contributed by atoms with E-state index in [1.165, 1.54) is 13.2 Å². The van der Waals surface area contributed by atoms with Crippen LogP contribution >= 0.6 is 0 Å². The Morgan fingerprint density at radius 3 is 2.56 bits per heavy atom. The lowest BCUT2D eigenvalue weighted by Crippen LogP contribution is -2.39. The summed E-state index contributed by atoms with van der Waals surface area (Å²) in [5, 5.41) is 6.40. The first-order valence-corrected chi connectivity index (χ1v) is 8.35. The molecule has 0 radical (unpaired) electrons. The van der Waals surface area contributed by atoms with E-state index >= 15 is 0 Å². The molecule has 1 aliphatic heterocycles. The normalized spacial score (nSPS) is 15.2. The molecule has 0 spiro atoms. The quantitative estimate of drug-likeness (QED) is 0.875. The fourth-order valence-corrected chi connectivity index (χ4v) is 2.91. The number of nitrogens with zero attached hydrogens (tertiary/aromatic N) is 4. The molecule has 0 saturated carbocycles. The molecule has 2 aromatic rings. The molecule has 0 aromatic carbocycles. The summed E-state index contributed by atoms with van der Waals surface area (Å²) >= 11 is 0.